The summed E-state index contributed by atoms with van der Waals surface area (Å²) in [7, 11) is 0. The number of allylic oxidation sites excluding steroid dienone is 12. The van der Waals surface area contributed by atoms with Gasteiger partial charge in [0.05, 0.1) is 6.33 Å². The van der Waals surface area contributed by atoms with E-state index in [0.29, 0.717) is 11.1 Å². The molecule has 0 fully saturated rings. The van der Waals surface area contributed by atoms with E-state index in [0.717, 1.165) is 36.8 Å². The van der Waals surface area contributed by atoms with Crippen molar-refractivity contribution in [2.75, 3.05) is 0 Å². The number of rotatable bonds is 8. The van der Waals surface area contributed by atoms with Gasteiger partial charge in [0.25, 0.3) is 0 Å². The Balaban J connectivity index is 0.00000194. The van der Waals surface area contributed by atoms with Crippen molar-refractivity contribution in [1.29, 1.82) is 0 Å². The van der Waals surface area contributed by atoms with Gasteiger partial charge in [-0.2, -0.15) is 0 Å². The van der Waals surface area contributed by atoms with Gasteiger partial charge in [0.1, 0.15) is 5.83 Å². The molecular weight excluding hydrogens is 326 g/mol. The molecule has 0 radical (unpaired) electrons. The Kier molecular flexibility index (Phi) is 11.6. The van der Waals surface area contributed by atoms with Crippen molar-refractivity contribution in [1.82, 2.24) is 0 Å². The summed E-state index contributed by atoms with van der Waals surface area (Å²) in [4.78, 5) is 0. The van der Waals surface area contributed by atoms with Crippen molar-refractivity contribution >= 4 is 0 Å². The van der Waals surface area contributed by atoms with E-state index in [1.165, 1.54) is 11.6 Å². The van der Waals surface area contributed by atoms with Gasteiger partial charge in [-0.1, -0.05) is 82.2 Å². The summed E-state index contributed by atoms with van der Waals surface area (Å²) in [5, 5.41) is 0. The van der Waals surface area contributed by atoms with Gasteiger partial charge in [-0.15, -0.1) is 0 Å². The van der Waals surface area contributed by atoms with E-state index < -0.39 is 5.83 Å². The molecule has 0 bridgehead atoms. The minimum atomic E-state index is -0.391. The van der Waals surface area contributed by atoms with Crippen LogP contribution in [-0.4, -0.2) is 0 Å². The molecule has 0 N–H and O–H groups in total. The highest BCUT2D eigenvalue weighted by Crippen LogP contribution is 2.28. The van der Waals surface area contributed by atoms with Crippen LogP contribution in [0.15, 0.2) is 109 Å². The Morgan fingerprint density at radius 3 is 2.15 bits per heavy atom. The third-order valence-electron chi connectivity index (χ3n) is 4.05. The lowest BCUT2D eigenvalue weighted by Gasteiger charge is -2.14. The van der Waals surface area contributed by atoms with Crippen LogP contribution in [0.1, 0.15) is 39.5 Å². The minimum absolute atomic E-state index is 0.250. The Bertz CT molecular complexity index is 679. The molecule has 0 nitrogen and oxygen atoms in total. The standard InChI is InChI=1S/C22H27F.C2H3F/c1-7-16(3)9-10-17(4)19(6)22(23)15-18(5)21-13-11-20(8-2)12-14-21;1-2-3/h9-11,13,15H,3-8,12,14H2,1-2H3;2H,1H2/b10-9-,22-15+;. The summed E-state index contributed by atoms with van der Waals surface area (Å²) in [6.07, 6.45) is 13.3. The van der Waals surface area contributed by atoms with Gasteiger partial charge in [-0.25, -0.2) is 8.78 Å². The molecule has 1 aliphatic carbocycles. The minimum Gasteiger partial charge on any atom is -0.216 e. The molecule has 0 atom stereocenters. The molecule has 0 heterocycles. The Morgan fingerprint density at radius 2 is 1.69 bits per heavy atom. The van der Waals surface area contributed by atoms with Gasteiger partial charge in [0, 0.05) is 5.57 Å². The largest absolute Gasteiger partial charge is 0.216 e. The van der Waals surface area contributed by atoms with E-state index in [1.807, 2.05) is 19.1 Å². The molecule has 0 aromatic heterocycles. The van der Waals surface area contributed by atoms with E-state index in [2.05, 4.69) is 45.9 Å². The summed E-state index contributed by atoms with van der Waals surface area (Å²) < 4.78 is 24.4. The Hall–Kier alpha value is -2.48. The molecule has 140 valence electrons. The second-order valence-electron chi connectivity index (χ2n) is 5.89. The molecule has 26 heavy (non-hydrogen) atoms. The van der Waals surface area contributed by atoms with Crippen LogP contribution in [0.5, 0.6) is 0 Å². The van der Waals surface area contributed by atoms with Crippen molar-refractivity contribution in [2.24, 2.45) is 0 Å². The van der Waals surface area contributed by atoms with Crippen molar-refractivity contribution in [3.8, 4) is 0 Å². The maximum absolute atomic E-state index is 14.3. The smallest absolute Gasteiger partial charge is 0.130 e. The van der Waals surface area contributed by atoms with Crippen molar-refractivity contribution < 1.29 is 8.78 Å². The van der Waals surface area contributed by atoms with Gasteiger partial charge >= 0.3 is 0 Å². The fourth-order valence-corrected chi connectivity index (χ4v) is 2.17. The quantitative estimate of drug-likeness (QED) is 0.385. The average Bonchev–Trinajstić information content (AvgIpc) is 2.65. The summed E-state index contributed by atoms with van der Waals surface area (Å²) in [5.74, 6) is -0.391. The van der Waals surface area contributed by atoms with Crippen LogP contribution >= 0.6 is 0 Å². The van der Waals surface area contributed by atoms with Crippen LogP contribution in [0.2, 0.25) is 0 Å². The first-order valence-corrected chi connectivity index (χ1v) is 8.71. The lowest BCUT2D eigenvalue weighted by atomic mass is 9.92. The number of hydrogen-bond donors (Lipinski definition) is 0. The lowest BCUT2D eigenvalue weighted by Crippen LogP contribution is -1.95. The second-order valence-corrected chi connectivity index (χ2v) is 5.89. The molecule has 0 amide bonds. The molecule has 0 aliphatic heterocycles. The normalized spacial score (nSPS) is 13.9. The molecule has 0 spiro atoms. The van der Waals surface area contributed by atoms with Crippen LogP contribution in [0.3, 0.4) is 0 Å². The predicted molar refractivity (Wildman–Crippen MR) is 112 cm³/mol. The van der Waals surface area contributed by atoms with Crippen molar-refractivity contribution in [3.63, 3.8) is 0 Å². The first kappa shape index (κ1) is 23.5. The first-order chi connectivity index (χ1) is 12.3. The highest BCUT2D eigenvalue weighted by atomic mass is 19.1. The molecule has 1 rings (SSSR count). The maximum atomic E-state index is 14.3. The van der Waals surface area contributed by atoms with Gasteiger partial charge in [0.2, 0.25) is 0 Å². The summed E-state index contributed by atoms with van der Waals surface area (Å²) in [6.45, 7) is 22.4. The Labute approximate surface area is 157 Å². The van der Waals surface area contributed by atoms with E-state index in [9.17, 15) is 8.78 Å². The molecular formula is C24H30F2. The maximum Gasteiger partial charge on any atom is 0.130 e. The fraction of sp³-hybridized carbons (Fsp3) is 0.250. The number of hydrogen-bond acceptors (Lipinski definition) is 0. The number of halogens is 2. The van der Waals surface area contributed by atoms with Crippen molar-refractivity contribution in [3.05, 3.63) is 109 Å². The van der Waals surface area contributed by atoms with Gasteiger partial charge < -0.3 is 0 Å². The SMILES string of the molecule is C=C(/C=C\C(=C)C(=C)/C(F)=C\C(=C)C1=CC=C(CC)CC1)CC.C=CF. The van der Waals surface area contributed by atoms with E-state index >= 15 is 0 Å². The van der Waals surface area contributed by atoms with Crippen LogP contribution in [0.4, 0.5) is 8.78 Å². The van der Waals surface area contributed by atoms with Crippen LogP contribution < -0.4 is 0 Å². The first-order valence-electron chi connectivity index (χ1n) is 8.71. The summed E-state index contributed by atoms with van der Waals surface area (Å²) >= 11 is 0. The van der Waals surface area contributed by atoms with Gasteiger partial charge in [-0.05, 0) is 48.5 Å². The van der Waals surface area contributed by atoms with E-state index in [4.69, 9.17) is 0 Å². The average molecular weight is 357 g/mol. The Morgan fingerprint density at radius 1 is 1.08 bits per heavy atom. The third kappa shape index (κ3) is 8.57. The van der Waals surface area contributed by atoms with Crippen LogP contribution in [-0.2, 0) is 0 Å². The van der Waals surface area contributed by atoms with Crippen molar-refractivity contribution in [2.45, 2.75) is 39.5 Å². The van der Waals surface area contributed by atoms with E-state index in [1.54, 1.807) is 6.08 Å². The molecule has 1 aliphatic rings. The zero-order valence-corrected chi connectivity index (χ0v) is 16.1. The molecule has 0 saturated carbocycles. The van der Waals surface area contributed by atoms with Crippen LogP contribution in [0, 0.1) is 0 Å². The third-order valence-corrected chi connectivity index (χ3v) is 4.05. The van der Waals surface area contributed by atoms with E-state index in [-0.39, 0.29) is 11.9 Å². The van der Waals surface area contributed by atoms with Gasteiger partial charge in [0.15, 0.2) is 0 Å². The zero-order valence-electron chi connectivity index (χ0n) is 16.1. The molecule has 2 heteroatoms. The summed E-state index contributed by atoms with van der Waals surface area (Å²) in [6, 6.07) is 0. The highest BCUT2D eigenvalue weighted by Gasteiger charge is 2.10. The molecule has 0 unspecified atom stereocenters. The lowest BCUT2D eigenvalue weighted by molar-refractivity contribution is 0.655. The molecule has 0 saturated heterocycles. The van der Waals surface area contributed by atoms with Crippen LogP contribution in [0.25, 0.3) is 0 Å². The highest BCUT2D eigenvalue weighted by molar-refractivity contribution is 5.52. The summed E-state index contributed by atoms with van der Waals surface area (Å²) in [5.41, 5.74) is 5.00. The monoisotopic (exact) mass is 356 g/mol. The predicted octanol–water partition coefficient (Wildman–Crippen LogP) is 8.19. The fourth-order valence-electron chi connectivity index (χ4n) is 2.17. The topological polar surface area (TPSA) is 0 Å². The zero-order chi connectivity index (χ0) is 20.1. The molecule has 0 aromatic carbocycles. The second kappa shape index (κ2) is 12.8. The molecule has 0 aromatic rings. The van der Waals surface area contributed by atoms with Gasteiger partial charge in [-0.3, -0.25) is 0 Å².